The van der Waals surface area contributed by atoms with E-state index in [-0.39, 0.29) is 29.9 Å². The summed E-state index contributed by atoms with van der Waals surface area (Å²) in [5.74, 6) is 0.312. The van der Waals surface area contributed by atoms with E-state index in [2.05, 4.69) is 0 Å². The summed E-state index contributed by atoms with van der Waals surface area (Å²) in [5, 5.41) is 0. The molecule has 2 unspecified atom stereocenters. The highest BCUT2D eigenvalue weighted by Gasteiger charge is 2.38. The SMILES string of the molecule is CC1CN(C(=O)[C@@H]2CCC[C@@H]2CN)CC(c2ccc(F)cc2)O1. The van der Waals surface area contributed by atoms with Crippen molar-refractivity contribution in [3.05, 3.63) is 35.6 Å². The van der Waals surface area contributed by atoms with E-state index in [0.717, 1.165) is 24.8 Å². The zero-order chi connectivity index (χ0) is 16.4. The van der Waals surface area contributed by atoms with Gasteiger partial charge in [0.1, 0.15) is 11.9 Å². The predicted octanol–water partition coefficient (Wildman–Crippen LogP) is 2.49. The van der Waals surface area contributed by atoms with Gasteiger partial charge in [0, 0.05) is 12.5 Å². The molecule has 1 aliphatic heterocycles. The number of amides is 1. The van der Waals surface area contributed by atoms with Crippen molar-refractivity contribution in [2.45, 2.75) is 38.4 Å². The van der Waals surface area contributed by atoms with E-state index in [4.69, 9.17) is 10.5 Å². The molecule has 1 aliphatic carbocycles. The summed E-state index contributed by atoms with van der Waals surface area (Å²) in [6.45, 7) is 3.70. The summed E-state index contributed by atoms with van der Waals surface area (Å²) < 4.78 is 19.1. The number of morpholine rings is 1. The van der Waals surface area contributed by atoms with Crippen LogP contribution in [0.5, 0.6) is 0 Å². The summed E-state index contributed by atoms with van der Waals surface area (Å²) in [4.78, 5) is 14.8. The Morgan fingerprint density at radius 3 is 2.74 bits per heavy atom. The molecule has 2 fully saturated rings. The van der Waals surface area contributed by atoms with E-state index in [1.165, 1.54) is 12.1 Å². The summed E-state index contributed by atoms with van der Waals surface area (Å²) >= 11 is 0. The van der Waals surface area contributed by atoms with Gasteiger partial charge < -0.3 is 15.4 Å². The largest absolute Gasteiger partial charge is 0.367 e. The molecule has 1 heterocycles. The minimum atomic E-state index is -0.262. The van der Waals surface area contributed by atoms with Crippen molar-refractivity contribution >= 4 is 5.91 Å². The van der Waals surface area contributed by atoms with Crippen LogP contribution in [0.1, 0.15) is 37.9 Å². The minimum Gasteiger partial charge on any atom is -0.367 e. The second-order valence-corrected chi connectivity index (χ2v) is 6.76. The summed E-state index contributed by atoms with van der Waals surface area (Å²) in [6.07, 6.45) is 2.85. The monoisotopic (exact) mass is 320 g/mol. The molecular formula is C18H25FN2O2. The second-order valence-electron chi connectivity index (χ2n) is 6.76. The molecule has 0 radical (unpaired) electrons. The average Bonchev–Trinajstić information content (AvgIpc) is 3.02. The number of nitrogens with zero attached hydrogens (tertiary/aromatic N) is 1. The lowest BCUT2D eigenvalue weighted by Crippen LogP contribution is -2.49. The van der Waals surface area contributed by atoms with Gasteiger partial charge in [0.25, 0.3) is 0 Å². The Hall–Kier alpha value is -1.46. The predicted molar refractivity (Wildman–Crippen MR) is 86.2 cm³/mol. The van der Waals surface area contributed by atoms with Crippen LogP contribution < -0.4 is 5.73 Å². The first-order valence-corrected chi connectivity index (χ1v) is 8.48. The van der Waals surface area contributed by atoms with E-state index in [1.807, 2.05) is 11.8 Å². The first kappa shape index (κ1) is 16.4. The van der Waals surface area contributed by atoms with E-state index < -0.39 is 0 Å². The zero-order valence-electron chi connectivity index (χ0n) is 13.6. The number of nitrogens with two attached hydrogens (primary N) is 1. The van der Waals surface area contributed by atoms with Gasteiger partial charge in [0.2, 0.25) is 5.91 Å². The van der Waals surface area contributed by atoms with Gasteiger partial charge >= 0.3 is 0 Å². The van der Waals surface area contributed by atoms with Gasteiger partial charge in [-0.15, -0.1) is 0 Å². The van der Waals surface area contributed by atoms with Crippen molar-refractivity contribution < 1.29 is 13.9 Å². The highest BCUT2D eigenvalue weighted by atomic mass is 19.1. The van der Waals surface area contributed by atoms with E-state index >= 15 is 0 Å². The van der Waals surface area contributed by atoms with E-state index in [0.29, 0.717) is 25.6 Å². The first-order valence-electron chi connectivity index (χ1n) is 8.48. The fourth-order valence-corrected chi connectivity index (χ4v) is 3.87. The third-order valence-electron chi connectivity index (χ3n) is 5.09. The lowest BCUT2D eigenvalue weighted by Gasteiger charge is -2.39. The molecule has 23 heavy (non-hydrogen) atoms. The maximum Gasteiger partial charge on any atom is 0.226 e. The van der Waals surface area contributed by atoms with Crippen LogP contribution in [0.25, 0.3) is 0 Å². The van der Waals surface area contributed by atoms with Crippen molar-refractivity contribution in [1.82, 2.24) is 4.90 Å². The fraction of sp³-hybridized carbons (Fsp3) is 0.611. The number of ether oxygens (including phenoxy) is 1. The lowest BCUT2D eigenvalue weighted by atomic mass is 9.94. The second kappa shape index (κ2) is 6.97. The smallest absolute Gasteiger partial charge is 0.226 e. The molecular weight excluding hydrogens is 295 g/mol. The molecule has 1 saturated carbocycles. The molecule has 0 spiro atoms. The molecule has 2 N–H and O–H groups in total. The Labute approximate surface area is 136 Å². The molecule has 126 valence electrons. The number of rotatable bonds is 3. The third-order valence-corrected chi connectivity index (χ3v) is 5.09. The number of halogens is 1. The highest BCUT2D eigenvalue weighted by molar-refractivity contribution is 5.79. The Morgan fingerprint density at radius 1 is 1.30 bits per heavy atom. The topological polar surface area (TPSA) is 55.6 Å². The van der Waals surface area contributed by atoms with Crippen molar-refractivity contribution in [3.8, 4) is 0 Å². The molecule has 0 aromatic heterocycles. The molecule has 1 amide bonds. The van der Waals surface area contributed by atoms with Gasteiger partial charge in [-0.05, 0) is 49.9 Å². The Morgan fingerprint density at radius 2 is 2.04 bits per heavy atom. The summed E-state index contributed by atoms with van der Waals surface area (Å²) in [5.41, 5.74) is 6.73. The summed E-state index contributed by atoms with van der Waals surface area (Å²) in [6, 6.07) is 6.34. The van der Waals surface area contributed by atoms with Crippen molar-refractivity contribution in [2.75, 3.05) is 19.6 Å². The maximum absolute atomic E-state index is 13.1. The quantitative estimate of drug-likeness (QED) is 0.931. The molecule has 2 aliphatic rings. The summed E-state index contributed by atoms with van der Waals surface area (Å²) in [7, 11) is 0. The van der Waals surface area contributed by atoms with Crippen molar-refractivity contribution in [2.24, 2.45) is 17.6 Å². The van der Waals surface area contributed by atoms with Crippen LogP contribution in [-0.4, -0.2) is 36.5 Å². The zero-order valence-corrected chi connectivity index (χ0v) is 13.6. The van der Waals surface area contributed by atoms with E-state index in [1.54, 1.807) is 12.1 Å². The Kier molecular flexibility index (Phi) is 4.97. The maximum atomic E-state index is 13.1. The van der Waals surface area contributed by atoms with Crippen LogP contribution in [0.15, 0.2) is 24.3 Å². The molecule has 4 nitrogen and oxygen atoms in total. The minimum absolute atomic E-state index is 0.0273. The number of carbonyl (C=O) groups excluding carboxylic acids is 1. The third kappa shape index (κ3) is 3.56. The van der Waals surface area contributed by atoms with Crippen LogP contribution in [0.4, 0.5) is 4.39 Å². The molecule has 1 saturated heterocycles. The Bertz CT molecular complexity index is 548. The Balaban J connectivity index is 1.72. The van der Waals surface area contributed by atoms with Crippen molar-refractivity contribution in [3.63, 3.8) is 0 Å². The average molecular weight is 320 g/mol. The number of carbonyl (C=O) groups is 1. The molecule has 1 aromatic rings. The molecule has 1 aromatic carbocycles. The van der Waals surface area contributed by atoms with Crippen molar-refractivity contribution in [1.29, 1.82) is 0 Å². The van der Waals surface area contributed by atoms with Crippen LogP contribution in [0.3, 0.4) is 0 Å². The van der Waals surface area contributed by atoms with E-state index in [9.17, 15) is 9.18 Å². The molecule has 3 rings (SSSR count). The van der Waals surface area contributed by atoms with Gasteiger partial charge in [-0.2, -0.15) is 0 Å². The molecule has 5 heteroatoms. The van der Waals surface area contributed by atoms with Crippen LogP contribution in [0.2, 0.25) is 0 Å². The van der Waals surface area contributed by atoms with Gasteiger partial charge in [-0.25, -0.2) is 4.39 Å². The highest BCUT2D eigenvalue weighted by Crippen LogP contribution is 2.34. The van der Waals surface area contributed by atoms with Gasteiger partial charge in [0.15, 0.2) is 0 Å². The van der Waals surface area contributed by atoms with Crippen LogP contribution in [-0.2, 0) is 9.53 Å². The number of hydrogen-bond donors (Lipinski definition) is 1. The first-order chi connectivity index (χ1) is 11.1. The number of hydrogen-bond acceptors (Lipinski definition) is 3. The van der Waals surface area contributed by atoms with Gasteiger partial charge in [0.05, 0.1) is 12.6 Å². The normalized spacial score (nSPS) is 31.3. The van der Waals surface area contributed by atoms with Gasteiger partial charge in [-0.1, -0.05) is 18.6 Å². The molecule has 4 atom stereocenters. The van der Waals surface area contributed by atoms with Gasteiger partial charge in [-0.3, -0.25) is 4.79 Å². The standard InChI is InChI=1S/C18H25FN2O2/c1-12-10-21(18(22)16-4-2-3-14(16)9-20)11-17(23-12)13-5-7-15(19)8-6-13/h5-8,12,14,16-17H,2-4,9-11,20H2,1H3/t12?,14-,16-,17?/m1/s1. The van der Waals surface area contributed by atoms with Crippen LogP contribution in [0, 0.1) is 17.7 Å². The number of benzene rings is 1. The lowest BCUT2D eigenvalue weighted by molar-refractivity contribution is -0.150. The van der Waals surface area contributed by atoms with Crippen LogP contribution >= 0.6 is 0 Å². The molecule has 0 bridgehead atoms. The fourth-order valence-electron chi connectivity index (χ4n) is 3.87.